The first kappa shape index (κ1) is 36.9. The number of benzene rings is 2. The van der Waals surface area contributed by atoms with Crippen LogP contribution in [0.25, 0.3) is 11.6 Å². The number of hydrogen-bond acceptors (Lipinski definition) is 12. The summed E-state index contributed by atoms with van der Waals surface area (Å²) in [5, 5.41) is 27.4. The van der Waals surface area contributed by atoms with Gasteiger partial charge in [0.15, 0.2) is 34.6 Å². The minimum absolute atomic E-state index is 0.110. The van der Waals surface area contributed by atoms with Gasteiger partial charge in [-0.3, -0.25) is 9.59 Å². The van der Waals surface area contributed by atoms with Crippen LogP contribution in [0.4, 0.5) is 34.4 Å². The molecule has 52 heavy (non-hydrogen) atoms. The van der Waals surface area contributed by atoms with Crippen LogP contribution in [0.15, 0.2) is 81.4 Å². The maximum absolute atomic E-state index is 12.3. The quantitative estimate of drug-likeness (QED) is 0.163. The van der Waals surface area contributed by atoms with E-state index < -0.39 is 10.8 Å². The molecule has 0 spiro atoms. The van der Waals surface area contributed by atoms with Crippen molar-refractivity contribution in [3.05, 3.63) is 83.4 Å². The van der Waals surface area contributed by atoms with Gasteiger partial charge >= 0.3 is 0 Å². The largest absolute Gasteiger partial charge is 0.382 e. The van der Waals surface area contributed by atoms with Gasteiger partial charge in [0, 0.05) is 56.2 Å². The molecule has 270 valence electrons. The number of azo groups is 2. The van der Waals surface area contributed by atoms with Gasteiger partial charge in [-0.25, -0.2) is 9.97 Å². The lowest BCUT2D eigenvalue weighted by Crippen LogP contribution is -2.21. The summed E-state index contributed by atoms with van der Waals surface area (Å²) in [6, 6.07) is 15.3. The van der Waals surface area contributed by atoms with E-state index in [1.165, 1.54) is 25.5 Å². The highest BCUT2D eigenvalue weighted by molar-refractivity contribution is 5.94. The zero-order valence-corrected chi connectivity index (χ0v) is 31.1. The second kappa shape index (κ2) is 14.1. The van der Waals surface area contributed by atoms with Crippen LogP contribution >= 0.6 is 0 Å². The van der Waals surface area contributed by atoms with E-state index in [0.717, 1.165) is 0 Å². The number of nitrogen functional groups attached to an aromatic ring is 2. The predicted molar refractivity (Wildman–Crippen MR) is 200 cm³/mol. The van der Waals surface area contributed by atoms with Crippen molar-refractivity contribution in [3.8, 4) is 11.6 Å². The Balaban J connectivity index is 1.51. The predicted octanol–water partition coefficient (Wildman–Crippen LogP) is 6.84. The SMILES string of the molecule is CN(C)C(=O)c1ccc(N=Nc2c(C(C)(C)C)nn(-c3cc(-n4nc(C(C)(C)C)c(N=Nc5ccc(C(=O)N(C)C)cc5)c4N)ncn3)c2N)cc1. The number of carbonyl (C=O) groups is 2. The molecular formula is C36H44N14O2. The van der Waals surface area contributed by atoms with Crippen LogP contribution in [0, 0.1) is 0 Å². The zero-order valence-electron chi connectivity index (χ0n) is 31.1. The smallest absolute Gasteiger partial charge is 0.253 e. The summed E-state index contributed by atoms with van der Waals surface area (Å²) in [7, 11) is 6.79. The Kier molecular flexibility index (Phi) is 10.0. The fourth-order valence-corrected chi connectivity index (χ4v) is 5.04. The number of rotatable bonds is 8. The van der Waals surface area contributed by atoms with Gasteiger partial charge < -0.3 is 21.3 Å². The van der Waals surface area contributed by atoms with Crippen LogP contribution in [0.3, 0.4) is 0 Å². The third-order valence-electron chi connectivity index (χ3n) is 7.86. The van der Waals surface area contributed by atoms with Crippen LogP contribution in [0.5, 0.6) is 0 Å². The van der Waals surface area contributed by atoms with Gasteiger partial charge in [-0.1, -0.05) is 41.5 Å². The maximum atomic E-state index is 12.3. The van der Waals surface area contributed by atoms with Crippen molar-refractivity contribution in [1.82, 2.24) is 39.3 Å². The van der Waals surface area contributed by atoms with Gasteiger partial charge in [-0.05, 0) is 48.5 Å². The van der Waals surface area contributed by atoms with Gasteiger partial charge in [0.2, 0.25) is 0 Å². The first-order valence-corrected chi connectivity index (χ1v) is 16.4. The molecule has 5 rings (SSSR count). The Labute approximate surface area is 302 Å². The van der Waals surface area contributed by atoms with Gasteiger partial charge in [-0.2, -0.15) is 29.8 Å². The van der Waals surface area contributed by atoms with Crippen molar-refractivity contribution < 1.29 is 9.59 Å². The number of nitrogens with two attached hydrogens (primary N) is 2. The normalized spacial score (nSPS) is 12.2. The lowest BCUT2D eigenvalue weighted by Gasteiger charge is -2.15. The number of amides is 2. The monoisotopic (exact) mass is 704 g/mol. The summed E-state index contributed by atoms with van der Waals surface area (Å²) in [6.07, 6.45) is 1.37. The van der Waals surface area contributed by atoms with Gasteiger partial charge in [-0.15, -0.1) is 10.2 Å². The maximum Gasteiger partial charge on any atom is 0.253 e. The van der Waals surface area contributed by atoms with E-state index in [4.69, 9.17) is 21.7 Å². The lowest BCUT2D eigenvalue weighted by molar-refractivity contribution is 0.0820. The Bertz CT molecular complexity index is 2010. The minimum Gasteiger partial charge on any atom is -0.382 e. The molecule has 2 aromatic carbocycles. The molecule has 0 saturated carbocycles. The first-order valence-electron chi connectivity index (χ1n) is 16.4. The van der Waals surface area contributed by atoms with Crippen LogP contribution in [0.1, 0.15) is 73.6 Å². The molecule has 0 aliphatic heterocycles. The number of carbonyl (C=O) groups excluding carboxylic acids is 2. The van der Waals surface area contributed by atoms with E-state index in [9.17, 15) is 9.59 Å². The molecule has 0 fully saturated rings. The summed E-state index contributed by atoms with van der Waals surface area (Å²) in [4.78, 5) is 36.5. The van der Waals surface area contributed by atoms with Crippen molar-refractivity contribution >= 4 is 46.2 Å². The van der Waals surface area contributed by atoms with Crippen molar-refractivity contribution in [2.24, 2.45) is 20.5 Å². The Morgan fingerprint density at radius 1 is 0.596 bits per heavy atom. The average molecular weight is 705 g/mol. The molecule has 16 nitrogen and oxygen atoms in total. The lowest BCUT2D eigenvalue weighted by atomic mass is 9.91. The molecule has 0 aliphatic rings. The Morgan fingerprint density at radius 3 is 1.25 bits per heavy atom. The standard InChI is InChI=1S/C36H44N14O2/c1-35(2,3)29-27(43-41-23-15-11-21(12-16-23)33(51)47(7)8)31(37)49(45-29)25-19-26(40-20-39-25)50-32(38)28(30(46-50)36(4,5)6)44-42-24-17-13-22(14-18-24)34(52)48(9)10/h11-20H,37-38H2,1-10H3. The minimum atomic E-state index is -0.457. The fraction of sp³-hybridized carbons (Fsp3) is 0.333. The summed E-state index contributed by atoms with van der Waals surface area (Å²) < 4.78 is 2.96. The highest BCUT2D eigenvalue weighted by atomic mass is 16.2. The van der Waals surface area contributed by atoms with Crippen molar-refractivity contribution in [2.75, 3.05) is 39.7 Å². The van der Waals surface area contributed by atoms with Crippen LogP contribution in [-0.2, 0) is 10.8 Å². The first-order chi connectivity index (χ1) is 24.4. The second-order valence-electron chi connectivity index (χ2n) is 14.6. The average Bonchev–Trinajstić information content (AvgIpc) is 3.62. The number of nitrogens with zero attached hydrogens (tertiary/aromatic N) is 12. The van der Waals surface area contributed by atoms with Crippen molar-refractivity contribution in [3.63, 3.8) is 0 Å². The van der Waals surface area contributed by atoms with Gasteiger partial charge in [0.25, 0.3) is 11.8 Å². The van der Waals surface area contributed by atoms with Crippen molar-refractivity contribution in [2.45, 2.75) is 52.4 Å². The highest BCUT2D eigenvalue weighted by Gasteiger charge is 2.29. The number of hydrogen-bond donors (Lipinski definition) is 2. The summed E-state index contributed by atoms with van der Waals surface area (Å²) in [5.41, 5.74) is 16.6. The van der Waals surface area contributed by atoms with Gasteiger partial charge in [0.1, 0.15) is 6.33 Å². The molecule has 0 unspecified atom stereocenters. The number of anilines is 2. The molecule has 4 N–H and O–H groups in total. The molecule has 2 amide bonds. The van der Waals surface area contributed by atoms with E-state index in [1.54, 1.807) is 82.8 Å². The van der Waals surface area contributed by atoms with Crippen LogP contribution in [-0.4, -0.2) is 79.3 Å². The Hall–Kier alpha value is -6.32. The molecule has 3 aromatic heterocycles. The second-order valence-corrected chi connectivity index (χ2v) is 14.6. The summed E-state index contributed by atoms with van der Waals surface area (Å²) in [6.45, 7) is 12.0. The topological polar surface area (TPSA) is 204 Å². The van der Waals surface area contributed by atoms with Crippen LogP contribution in [0.2, 0.25) is 0 Å². The van der Waals surface area contributed by atoms with E-state index in [0.29, 0.717) is 56.9 Å². The molecule has 0 bridgehead atoms. The molecule has 0 saturated heterocycles. The fourth-order valence-electron chi connectivity index (χ4n) is 5.04. The molecule has 0 atom stereocenters. The highest BCUT2D eigenvalue weighted by Crippen LogP contribution is 2.39. The molecule has 0 radical (unpaired) electrons. The van der Waals surface area contributed by atoms with E-state index in [2.05, 4.69) is 30.4 Å². The van der Waals surface area contributed by atoms with E-state index in [-0.39, 0.29) is 23.5 Å². The van der Waals surface area contributed by atoms with E-state index >= 15 is 0 Å². The van der Waals surface area contributed by atoms with Crippen LogP contribution < -0.4 is 11.5 Å². The van der Waals surface area contributed by atoms with E-state index in [1.807, 2.05) is 41.5 Å². The molecule has 3 heterocycles. The molecule has 16 heteroatoms. The summed E-state index contributed by atoms with van der Waals surface area (Å²) >= 11 is 0. The van der Waals surface area contributed by atoms with Gasteiger partial charge in [0.05, 0.1) is 22.8 Å². The Morgan fingerprint density at radius 2 is 0.942 bits per heavy atom. The third-order valence-corrected chi connectivity index (χ3v) is 7.86. The molecule has 0 aliphatic carbocycles. The summed E-state index contributed by atoms with van der Waals surface area (Å²) in [5.74, 6) is 0.916. The molecular weight excluding hydrogens is 660 g/mol. The number of aromatic nitrogens is 6. The van der Waals surface area contributed by atoms with Crippen molar-refractivity contribution in [1.29, 1.82) is 0 Å². The zero-order chi connectivity index (χ0) is 38.1. The third kappa shape index (κ3) is 7.70. The molecule has 5 aromatic rings.